The van der Waals surface area contributed by atoms with E-state index >= 15 is 0 Å². The molecule has 0 spiro atoms. The van der Waals surface area contributed by atoms with Crippen LogP contribution in [0.5, 0.6) is 0 Å². The highest BCUT2D eigenvalue weighted by Gasteiger charge is 2.22. The van der Waals surface area contributed by atoms with Crippen molar-refractivity contribution in [3.63, 3.8) is 0 Å². The topological polar surface area (TPSA) is 152 Å². The van der Waals surface area contributed by atoms with Crippen LogP contribution in [0.2, 0.25) is 0 Å². The van der Waals surface area contributed by atoms with Gasteiger partial charge in [0, 0.05) is 12.0 Å². The number of aromatic nitrogens is 3. The Morgan fingerprint density at radius 1 is 1.43 bits per heavy atom. The number of hydrogen-bond donors (Lipinski definition) is 4. The molecule has 0 aromatic carbocycles. The summed E-state index contributed by atoms with van der Waals surface area (Å²) in [5.41, 5.74) is 4.73. The van der Waals surface area contributed by atoms with Crippen molar-refractivity contribution in [3.8, 4) is 0 Å². The van der Waals surface area contributed by atoms with E-state index in [-0.39, 0.29) is 19.5 Å². The molecule has 0 radical (unpaired) electrons. The molecule has 0 saturated carbocycles. The predicted molar refractivity (Wildman–Crippen MR) is 70.9 cm³/mol. The highest BCUT2D eigenvalue weighted by molar-refractivity contribution is 5.78. The number of primary amides is 1. The van der Waals surface area contributed by atoms with Crippen molar-refractivity contribution < 1.29 is 19.5 Å². The number of rotatable bonds is 7. The summed E-state index contributed by atoms with van der Waals surface area (Å²) in [5.74, 6) is -1.55. The van der Waals surface area contributed by atoms with Gasteiger partial charge < -0.3 is 21.5 Å². The van der Waals surface area contributed by atoms with Crippen LogP contribution in [0.1, 0.15) is 26.0 Å². The first kappa shape index (κ1) is 16.4. The number of carbonyl (C=O) groups excluding carboxylic acids is 2. The summed E-state index contributed by atoms with van der Waals surface area (Å²) in [6, 6.07) is -0.492. The molecule has 1 heterocycles. The van der Waals surface area contributed by atoms with E-state index < -0.39 is 23.4 Å². The first-order valence-electron chi connectivity index (χ1n) is 6.13. The van der Waals surface area contributed by atoms with Gasteiger partial charge in [0.15, 0.2) is 0 Å². The highest BCUT2D eigenvalue weighted by Crippen LogP contribution is 2.06. The minimum Gasteiger partial charge on any atom is -0.480 e. The van der Waals surface area contributed by atoms with Crippen molar-refractivity contribution in [2.24, 2.45) is 5.73 Å². The van der Waals surface area contributed by atoms with Gasteiger partial charge in [0.1, 0.15) is 12.2 Å². The van der Waals surface area contributed by atoms with Gasteiger partial charge in [-0.25, -0.2) is 9.48 Å². The van der Waals surface area contributed by atoms with Crippen LogP contribution in [0.4, 0.5) is 4.79 Å². The average molecular weight is 298 g/mol. The summed E-state index contributed by atoms with van der Waals surface area (Å²) in [4.78, 5) is 33.0. The third-order valence-electron chi connectivity index (χ3n) is 2.38. The number of nitrogens with two attached hydrogens (primary N) is 1. The lowest BCUT2D eigenvalue weighted by molar-refractivity contribution is -0.138. The zero-order chi connectivity index (χ0) is 16.0. The number of hydrogen-bond acceptors (Lipinski definition) is 5. The Hall–Kier alpha value is -2.65. The normalized spacial score (nSPS) is 11.0. The van der Waals surface area contributed by atoms with Crippen LogP contribution >= 0.6 is 0 Å². The number of amides is 3. The number of nitrogens with zero attached hydrogens (tertiary/aromatic N) is 3. The van der Waals surface area contributed by atoms with Crippen molar-refractivity contribution >= 4 is 17.9 Å². The largest absolute Gasteiger partial charge is 0.480 e. The van der Waals surface area contributed by atoms with Crippen molar-refractivity contribution in [2.45, 2.75) is 38.9 Å². The number of carboxylic acid groups (broad SMARTS) is 1. The van der Waals surface area contributed by atoms with Crippen LogP contribution < -0.4 is 16.4 Å². The van der Waals surface area contributed by atoms with Gasteiger partial charge in [-0.15, -0.1) is 5.10 Å². The lowest BCUT2D eigenvalue weighted by atomic mass is 10.0. The fourth-order valence-electron chi connectivity index (χ4n) is 1.64. The average Bonchev–Trinajstić information content (AvgIpc) is 2.70. The Balaban J connectivity index is 2.44. The monoisotopic (exact) mass is 298 g/mol. The van der Waals surface area contributed by atoms with Crippen LogP contribution in [0.25, 0.3) is 0 Å². The quantitative estimate of drug-likeness (QED) is 0.497. The fraction of sp³-hybridized carbons (Fsp3) is 0.545. The van der Waals surface area contributed by atoms with Gasteiger partial charge in [0.25, 0.3) is 0 Å². The van der Waals surface area contributed by atoms with Crippen molar-refractivity contribution in [3.05, 3.63) is 11.9 Å². The first-order chi connectivity index (χ1) is 9.68. The minimum atomic E-state index is -1.04. The van der Waals surface area contributed by atoms with Crippen molar-refractivity contribution in [2.75, 3.05) is 0 Å². The highest BCUT2D eigenvalue weighted by atomic mass is 16.4. The van der Waals surface area contributed by atoms with E-state index in [1.54, 1.807) is 13.8 Å². The second kappa shape index (κ2) is 6.68. The molecular weight excluding hydrogens is 280 g/mol. The summed E-state index contributed by atoms with van der Waals surface area (Å²) >= 11 is 0. The van der Waals surface area contributed by atoms with Crippen LogP contribution in [0.15, 0.2) is 6.20 Å². The molecule has 10 heteroatoms. The van der Waals surface area contributed by atoms with Gasteiger partial charge in [-0.2, -0.15) is 0 Å². The molecule has 1 rings (SSSR count). The van der Waals surface area contributed by atoms with E-state index in [1.165, 1.54) is 6.20 Å². The number of urea groups is 1. The predicted octanol–water partition coefficient (Wildman–Crippen LogP) is -1.18. The van der Waals surface area contributed by atoms with E-state index in [9.17, 15) is 14.4 Å². The van der Waals surface area contributed by atoms with Gasteiger partial charge in [-0.3, -0.25) is 9.59 Å². The third kappa shape index (κ3) is 6.36. The SMILES string of the molecule is CC(C)(CC(N)=O)NC(=O)NCc1cn(CC(=O)O)nn1. The van der Waals surface area contributed by atoms with Crippen LogP contribution in [0.3, 0.4) is 0 Å². The van der Waals surface area contributed by atoms with Gasteiger partial charge in [-0.05, 0) is 13.8 Å². The molecule has 0 bridgehead atoms. The molecule has 0 fully saturated rings. The minimum absolute atomic E-state index is 0.00914. The molecule has 0 unspecified atom stereocenters. The number of carbonyl (C=O) groups is 3. The molecule has 0 atom stereocenters. The van der Waals surface area contributed by atoms with Gasteiger partial charge in [0.05, 0.1) is 12.7 Å². The number of carboxylic acids is 1. The maximum absolute atomic E-state index is 11.7. The maximum atomic E-state index is 11.7. The second-order valence-corrected chi connectivity index (χ2v) is 5.14. The Morgan fingerprint density at radius 2 is 2.10 bits per heavy atom. The number of nitrogens with one attached hydrogen (secondary N) is 2. The molecule has 0 saturated heterocycles. The summed E-state index contributed by atoms with van der Waals surface area (Å²) < 4.78 is 1.15. The first-order valence-corrected chi connectivity index (χ1v) is 6.13. The van der Waals surface area contributed by atoms with Gasteiger partial charge in [0.2, 0.25) is 5.91 Å². The molecule has 3 amide bonds. The van der Waals surface area contributed by atoms with E-state index in [0.717, 1.165) is 4.68 Å². The smallest absolute Gasteiger partial charge is 0.325 e. The summed E-state index contributed by atoms with van der Waals surface area (Å²) in [6.45, 7) is 3.11. The molecule has 0 aliphatic heterocycles. The van der Waals surface area contributed by atoms with Crippen molar-refractivity contribution in [1.29, 1.82) is 0 Å². The molecular formula is C11H18N6O4. The molecule has 5 N–H and O–H groups in total. The van der Waals surface area contributed by atoms with Crippen LogP contribution in [0, 0.1) is 0 Å². The molecule has 116 valence electrons. The van der Waals surface area contributed by atoms with Crippen LogP contribution in [-0.4, -0.2) is 43.5 Å². The van der Waals surface area contributed by atoms with E-state index in [0.29, 0.717) is 5.69 Å². The Morgan fingerprint density at radius 3 is 2.67 bits per heavy atom. The fourth-order valence-corrected chi connectivity index (χ4v) is 1.64. The lowest BCUT2D eigenvalue weighted by Crippen LogP contribution is -2.49. The third-order valence-corrected chi connectivity index (χ3v) is 2.38. The van der Waals surface area contributed by atoms with E-state index in [2.05, 4.69) is 20.9 Å². The van der Waals surface area contributed by atoms with E-state index in [4.69, 9.17) is 10.8 Å². The number of aliphatic carboxylic acids is 1. The molecule has 1 aromatic rings. The van der Waals surface area contributed by atoms with Crippen molar-refractivity contribution in [1.82, 2.24) is 25.6 Å². The maximum Gasteiger partial charge on any atom is 0.325 e. The van der Waals surface area contributed by atoms with Crippen LogP contribution in [-0.2, 0) is 22.7 Å². The second-order valence-electron chi connectivity index (χ2n) is 5.14. The van der Waals surface area contributed by atoms with Gasteiger partial charge >= 0.3 is 12.0 Å². The van der Waals surface area contributed by atoms with E-state index in [1.807, 2.05) is 0 Å². The Labute approximate surface area is 120 Å². The molecule has 21 heavy (non-hydrogen) atoms. The standard InChI is InChI=1S/C11H18N6O4/c1-11(2,3-8(12)18)14-10(21)13-4-7-5-17(16-15-7)6-9(19)20/h5H,3-4,6H2,1-2H3,(H2,12,18)(H,19,20)(H2,13,14,21). The summed E-state index contributed by atoms with van der Waals surface area (Å²) in [7, 11) is 0. The molecule has 10 nitrogen and oxygen atoms in total. The summed E-state index contributed by atoms with van der Waals surface area (Å²) in [6.07, 6.45) is 1.43. The molecule has 0 aliphatic carbocycles. The Kier molecular flexibility index (Phi) is 5.22. The molecule has 1 aromatic heterocycles. The molecule has 0 aliphatic rings. The summed E-state index contributed by atoms with van der Waals surface area (Å²) in [5, 5.41) is 21.0. The Bertz CT molecular complexity index is 539. The zero-order valence-corrected chi connectivity index (χ0v) is 11.8. The lowest BCUT2D eigenvalue weighted by Gasteiger charge is -2.24. The zero-order valence-electron chi connectivity index (χ0n) is 11.8. The van der Waals surface area contributed by atoms with Gasteiger partial charge in [-0.1, -0.05) is 5.21 Å².